The molecule has 1 heterocycles. The fraction of sp³-hybridized carbons (Fsp3) is 0.833. The van der Waals surface area contributed by atoms with Crippen LogP contribution in [0.25, 0.3) is 0 Å². The van der Waals surface area contributed by atoms with Gasteiger partial charge in [-0.15, -0.1) is 0 Å². The van der Waals surface area contributed by atoms with Crippen LogP contribution in [-0.2, 0) is 19.0 Å². The van der Waals surface area contributed by atoms with Gasteiger partial charge in [0.1, 0.15) is 0 Å². The molecule has 0 saturated carbocycles. The number of esters is 1. The lowest BCUT2D eigenvalue weighted by molar-refractivity contribution is -0.188. The Morgan fingerprint density at radius 2 is 2.06 bits per heavy atom. The predicted octanol–water partition coefficient (Wildman–Crippen LogP) is 1.53. The highest BCUT2D eigenvalue weighted by Crippen LogP contribution is 2.32. The molecule has 0 N–H and O–H groups in total. The third-order valence-corrected chi connectivity index (χ3v) is 2.87. The van der Waals surface area contributed by atoms with Crippen molar-refractivity contribution < 1.29 is 23.8 Å². The molecule has 0 radical (unpaired) electrons. The monoisotopic (exact) mass is 259 g/mol. The SMILES string of the molecule is CCCOC(=O)N1CCC[C@@]1(OCC)C(=O)OC. The Kier molecular flexibility index (Phi) is 5.40. The first-order chi connectivity index (χ1) is 8.62. The molecule has 18 heavy (non-hydrogen) atoms. The van der Waals surface area contributed by atoms with Crippen molar-refractivity contribution in [2.45, 2.75) is 38.8 Å². The Morgan fingerprint density at radius 3 is 2.61 bits per heavy atom. The third-order valence-electron chi connectivity index (χ3n) is 2.87. The smallest absolute Gasteiger partial charge is 0.412 e. The van der Waals surface area contributed by atoms with Gasteiger partial charge in [0.05, 0.1) is 13.7 Å². The minimum atomic E-state index is -1.31. The summed E-state index contributed by atoms with van der Waals surface area (Å²) in [6, 6.07) is 0. The number of methoxy groups -OCH3 is 1. The van der Waals surface area contributed by atoms with Crippen LogP contribution >= 0.6 is 0 Å². The summed E-state index contributed by atoms with van der Waals surface area (Å²) in [6.07, 6.45) is 1.35. The maximum atomic E-state index is 11.9. The zero-order chi connectivity index (χ0) is 13.6. The van der Waals surface area contributed by atoms with E-state index in [-0.39, 0.29) is 0 Å². The molecule has 6 nitrogen and oxygen atoms in total. The van der Waals surface area contributed by atoms with Crippen LogP contribution in [0.5, 0.6) is 0 Å². The molecule has 1 saturated heterocycles. The summed E-state index contributed by atoms with van der Waals surface area (Å²) in [6.45, 7) is 4.79. The normalized spacial score (nSPS) is 22.9. The first kappa shape index (κ1) is 14.8. The summed E-state index contributed by atoms with van der Waals surface area (Å²) < 4.78 is 15.3. The van der Waals surface area contributed by atoms with E-state index in [0.717, 1.165) is 6.42 Å². The number of likely N-dealkylation sites (tertiary alicyclic amines) is 1. The van der Waals surface area contributed by atoms with E-state index in [0.29, 0.717) is 32.6 Å². The van der Waals surface area contributed by atoms with Gasteiger partial charge in [-0.2, -0.15) is 0 Å². The van der Waals surface area contributed by atoms with E-state index in [1.54, 1.807) is 6.92 Å². The van der Waals surface area contributed by atoms with E-state index in [4.69, 9.17) is 14.2 Å². The molecule has 0 bridgehead atoms. The molecule has 0 aromatic heterocycles. The van der Waals surface area contributed by atoms with Gasteiger partial charge in [0.25, 0.3) is 0 Å². The molecule has 0 aromatic carbocycles. The van der Waals surface area contributed by atoms with E-state index in [9.17, 15) is 9.59 Å². The lowest BCUT2D eigenvalue weighted by atomic mass is 10.1. The van der Waals surface area contributed by atoms with Crippen LogP contribution < -0.4 is 0 Å². The average molecular weight is 259 g/mol. The van der Waals surface area contributed by atoms with Crippen molar-refractivity contribution >= 4 is 12.1 Å². The van der Waals surface area contributed by atoms with Gasteiger partial charge in [-0.05, 0) is 19.8 Å². The number of carbonyl (C=O) groups is 2. The number of carbonyl (C=O) groups excluding carboxylic acids is 2. The van der Waals surface area contributed by atoms with Gasteiger partial charge in [-0.1, -0.05) is 6.92 Å². The molecule has 1 rings (SSSR count). The van der Waals surface area contributed by atoms with Crippen LogP contribution in [0.1, 0.15) is 33.1 Å². The van der Waals surface area contributed by atoms with Crippen molar-refractivity contribution in [1.82, 2.24) is 4.90 Å². The summed E-state index contributed by atoms with van der Waals surface area (Å²) in [7, 11) is 1.29. The molecule has 1 fully saturated rings. The van der Waals surface area contributed by atoms with Gasteiger partial charge in [-0.3, -0.25) is 4.90 Å². The van der Waals surface area contributed by atoms with Crippen molar-refractivity contribution in [1.29, 1.82) is 0 Å². The van der Waals surface area contributed by atoms with E-state index >= 15 is 0 Å². The quantitative estimate of drug-likeness (QED) is 0.701. The molecule has 1 atom stereocenters. The number of rotatable bonds is 5. The Morgan fingerprint density at radius 1 is 1.33 bits per heavy atom. The maximum Gasteiger partial charge on any atom is 0.412 e. The van der Waals surface area contributed by atoms with Crippen molar-refractivity contribution in [2.75, 3.05) is 26.9 Å². The van der Waals surface area contributed by atoms with Crippen molar-refractivity contribution in [3.8, 4) is 0 Å². The number of hydrogen-bond acceptors (Lipinski definition) is 5. The lowest BCUT2D eigenvalue weighted by Crippen LogP contribution is -2.55. The maximum absolute atomic E-state index is 11.9. The van der Waals surface area contributed by atoms with Gasteiger partial charge in [0.15, 0.2) is 0 Å². The van der Waals surface area contributed by atoms with Crippen LogP contribution in [0.4, 0.5) is 4.79 Å². The number of hydrogen-bond donors (Lipinski definition) is 0. The van der Waals surface area contributed by atoms with Gasteiger partial charge >= 0.3 is 12.1 Å². The first-order valence-corrected chi connectivity index (χ1v) is 6.29. The third kappa shape index (κ3) is 2.75. The Hall–Kier alpha value is -1.30. The molecule has 0 unspecified atom stereocenters. The van der Waals surface area contributed by atoms with E-state index in [1.807, 2.05) is 6.92 Å². The van der Waals surface area contributed by atoms with Crippen molar-refractivity contribution in [3.05, 3.63) is 0 Å². The predicted molar refractivity (Wildman–Crippen MR) is 64.0 cm³/mol. The summed E-state index contributed by atoms with van der Waals surface area (Å²) in [5.41, 5.74) is -1.31. The van der Waals surface area contributed by atoms with Gasteiger partial charge < -0.3 is 14.2 Å². The summed E-state index contributed by atoms with van der Waals surface area (Å²) >= 11 is 0. The van der Waals surface area contributed by atoms with Gasteiger partial charge in [0, 0.05) is 19.6 Å². The van der Waals surface area contributed by atoms with Crippen LogP contribution in [0.15, 0.2) is 0 Å². The average Bonchev–Trinajstić information content (AvgIpc) is 2.80. The molecule has 1 amide bonds. The van der Waals surface area contributed by atoms with Crippen LogP contribution in [0, 0.1) is 0 Å². The lowest BCUT2D eigenvalue weighted by Gasteiger charge is -2.34. The van der Waals surface area contributed by atoms with Crippen molar-refractivity contribution in [2.24, 2.45) is 0 Å². The second kappa shape index (κ2) is 6.58. The Labute approximate surface area is 107 Å². The largest absolute Gasteiger partial charge is 0.465 e. The zero-order valence-corrected chi connectivity index (χ0v) is 11.2. The van der Waals surface area contributed by atoms with Gasteiger partial charge in [-0.25, -0.2) is 9.59 Å². The highest BCUT2D eigenvalue weighted by atomic mass is 16.6. The first-order valence-electron chi connectivity index (χ1n) is 6.29. The van der Waals surface area contributed by atoms with E-state index < -0.39 is 17.8 Å². The molecular weight excluding hydrogens is 238 g/mol. The molecule has 104 valence electrons. The number of amides is 1. The summed E-state index contributed by atoms with van der Waals surface area (Å²) in [4.78, 5) is 25.2. The van der Waals surface area contributed by atoms with Gasteiger partial charge in [0.2, 0.25) is 5.72 Å². The highest BCUT2D eigenvalue weighted by Gasteiger charge is 2.52. The molecule has 6 heteroatoms. The minimum absolute atomic E-state index is 0.326. The molecule has 1 aliphatic rings. The van der Waals surface area contributed by atoms with Crippen LogP contribution in [0.2, 0.25) is 0 Å². The Balaban J connectivity index is 2.86. The van der Waals surface area contributed by atoms with Crippen LogP contribution in [-0.4, -0.2) is 49.6 Å². The van der Waals surface area contributed by atoms with Crippen molar-refractivity contribution in [3.63, 3.8) is 0 Å². The molecular formula is C12H21NO5. The molecule has 0 aromatic rings. The molecule has 0 spiro atoms. The standard InChI is InChI=1S/C12H21NO5/c1-4-9-17-11(15)13-8-6-7-12(13,18-5-2)10(14)16-3/h4-9H2,1-3H3/t12-/m1/s1. The Bertz CT molecular complexity index is 307. The second-order valence-corrected chi connectivity index (χ2v) is 4.08. The highest BCUT2D eigenvalue weighted by molar-refractivity contribution is 5.85. The minimum Gasteiger partial charge on any atom is -0.465 e. The number of nitrogens with zero attached hydrogens (tertiary/aromatic N) is 1. The molecule has 1 aliphatic heterocycles. The second-order valence-electron chi connectivity index (χ2n) is 4.08. The van der Waals surface area contributed by atoms with E-state index in [2.05, 4.69) is 0 Å². The summed E-state index contributed by atoms with van der Waals surface area (Å²) in [5.74, 6) is -0.546. The molecule has 0 aliphatic carbocycles. The topological polar surface area (TPSA) is 65.1 Å². The zero-order valence-electron chi connectivity index (χ0n) is 11.2. The fourth-order valence-corrected chi connectivity index (χ4v) is 2.12. The van der Waals surface area contributed by atoms with E-state index in [1.165, 1.54) is 12.0 Å². The number of ether oxygens (including phenoxy) is 3. The summed E-state index contributed by atoms with van der Waals surface area (Å²) in [5, 5.41) is 0. The van der Waals surface area contributed by atoms with Crippen LogP contribution in [0.3, 0.4) is 0 Å². The fourth-order valence-electron chi connectivity index (χ4n) is 2.12.